The smallest absolute Gasteiger partial charge is 0.183 e. The highest BCUT2D eigenvalue weighted by atomic mass is 79.9. The van der Waals surface area contributed by atoms with Crippen molar-refractivity contribution in [1.82, 2.24) is 5.32 Å². The highest BCUT2D eigenvalue weighted by molar-refractivity contribution is 9.10. The van der Waals surface area contributed by atoms with E-state index in [1.54, 1.807) is 0 Å². The highest BCUT2D eigenvalue weighted by Gasteiger charge is 2.16. The first-order chi connectivity index (χ1) is 9.24. The Balaban J connectivity index is 2.36. The molecule has 1 heterocycles. The molecule has 0 spiro atoms. The molecule has 1 N–H and O–H groups in total. The second-order valence-electron chi connectivity index (χ2n) is 4.19. The molecule has 0 bridgehead atoms. The van der Waals surface area contributed by atoms with Gasteiger partial charge in [-0.25, -0.2) is 4.99 Å². The summed E-state index contributed by atoms with van der Waals surface area (Å²) in [6, 6.07) is 6.05. The fourth-order valence-electron chi connectivity index (χ4n) is 2.08. The number of hydrogen-bond acceptors (Lipinski definition) is 4. The third-order valence-electron chi connectivity index (χ3n) is 2.96. The van der Waals surface area contributed by atoms with Crippen LogP contribution in [0.3, 0.4) is 0 Å². The van der Waals surface area contributed by atoms with Gasteiger partial charge in [0.15, 0.2) is 11.4 Å². The van der Waals surface area contributed by atoms with E-state index in [0.29, 0.717) is 5.17 Å². The number of amidine groups is 1. The van der Waals surface area contributed by atoms with Crippen molar-refractivity contribution in [3.8, 4) is 6.19 Å². The van der Waals surface area contributed by atoms with Gasteiger partial charge in [-0.1, -0.05) is 27.7 Å². The van der Waals surface area contributed by atoms with Gasteiger partial charge in [-0.05, 0) is 37.3 Å². The molecule has 1 aliphatic heterocycles. The van der Waals surface area contributed by atoms with E-state index in [4.69, 9.17) is 5.26 Å². The van der Waals surface area contributed by atoms with Gasteiger partial charge in [0.05, 0.1) is 11.4 Å². The van der Waals surface area contributed by atoms with Crippen LogP contribution in [0, 0.1) is 11.5 Å². The van der Waals surface area contributed by atoms with Gasteiger partial charge in [-0.3, -0.25) is 5.32 Å². The number of thioether (sulfide) groups is 1. The van der Waals surface area contributed by atoms with Gasteiger partial charge in [-0.15, -0.1) is 0 Å². The summed E-state index contributed by atoms with van der Waals surface area (Å²) >= 11 is 4.94. The van der Waals surface area contributed by atoms with Crippen molar-refractivity contribution in [3.63, 3.8) is 0 Å². The first-order valence-electron chi connectivity index (χ1n) is 6.07. The predicted octanol–water partition coefficient (Wildman–Crippen LogP) is 3.47. The monoisotopic (exact) mass is 338 g/mol. The van der Waals surface area contributed by atoms with Crippen LogP contribution >= 0.6 is 27.7 Å². The minimum atomic E-state index is 0.616. The third-order valence-corrected chi connectivity index (χ3v) is 4.04. The average molecular weight is 339 g/mol. The molecule has 0 atom stereocenters. The van der Waals surface area contributed by atoms with E-state index in [0.717, 1.165) is 28.9 Å². The molecule has 4 nitrogen and oxygen atoms in total. The number of nitriles is 1. The fourth-order valence-corrected chi connectivity index (χ4v) is 2.77. The maximum absolute atomic E-state index is 8.70. The van der Waals surface area contributed by atoms with Crippen molar-refractivity contribution in [2.45, 2.75) is 12.8 Å². The second kappa shape index (κ2) is 6.83. The van der Waals surface area contributed by atoms with Gasteiger partial charge in [0.25, 0.3) is 0 Å². The molecule has 0 aliphatic carbocycles. The molecule has 1 saturated heterocycles. The Kier molecular flexibility index (Phi) is 5.11. The van der Waals surface area contributed by atoms with Crippen molar-refractivity contribution in [1.29, 1.82) is 5.26 Å². The molecule has 1 aromatic rings. The first-order valence-corrected chi connectivity index (χ1v) is 8.08. The highest BCUT2D eigenvalue weighted by Crippen LogP contribution is 2.34. The van der Waals surface area contributed by atoms with Gasteiger partial charge in [0.2, 0.25) is 0 Å². The number of nitrogens with zero attached hydrogens (tertiary/aromatic N) is 3. The van der Waals surface area contributed by atoms with E-state index in [-0.39, 0.29) is 0 Å². The van der Waals surface area contributed by atoms with E-state index in [1.165, 1.54) is 24.6 Å². The van der Waals surface area contributed by atoms with Crippen molar-refractivity contribution < 1.29 is 0 Å². The van der Waals surface area contributed by atoms with Crippen LogP contribution in [-0.4, -0.2) is 24.5 Å². The first kappa shape index (κ1) is 14.2. The van der Waals surface area contributed by atoms with Crippen molar-refractivity contribution in [3.05, 3.63) is 22.7 Å². The molecule has 19 heavy (non-hydrogen) atoms. The van der Waals surface area contributed by atoms with E-state index in [9.17, 15) is 0 Å². The molecule has 0 radical (unpaired) electrons. The topological polar surface area (TPSA) is 51.4 Å². The van der Waals surface area contributed by atoms with E-state index in [1.807, 2.05) is 24.6 Å². The zero-order valence-electron chi connectivity index (χ0n) is 10.7. The van der Waals surface area contributed by atoms with Gasteiger partial charge in [-0.2, -0.15) is 5.26 Å². The second-order valence-corrected chi connectivity index (χ2v) is 5.90. The van der Waals surface area contributed by atoms with E-state index >= 15 is 0 Å². The lowest BCUT2D eigenvalue weighted by molar-refractivity contribution is 0.949. The Hall–Kier alpha value is -1.19. The fraction of sp³-hybridized carbons (Fsp3) is 0.385. The minimum absolute atomic E-state index is 0.616. The molecular weight excluding hydrogens is 324 g/mol. The summed E-state index contributed by atoms with van der Waals surface area (Å²) in [4.78, 5) is 6.88. The minimum Gasteiger partial charge on any atom is -0.370 e. The number of benzene rings is 1. The standard InChI is InChI=1S/C13H15BrN4S/c1-19-13(16-9-15)17-11-5-4-10(14)8-12(11)18-6-2-3-7-18/h4-5,8H,2-3,6-7H2,1H3,(H,16,17). The van der Waals surface area contributed by atoms with Crippen LogP contribution in [0.2, 0.25) is 0 Å². The normalized spacial score (nSPS) is 15.4. The zero-order chi connectivity index (χ0) is 13.7. The van der Waals surface area contributed by atoms with Crippen LogP contribution in [0.25, 0.3) is 0 Å². The van der Waals surface area contributed by atoms with Gasteiger partial charge in [0.1, 0.15) is 0 Å². The molecule has 2 rings (SSSR count). The summed E-state index contributed by atoms with van der Waals surface area (Å²) in [6.07, 6.45) is 6.26. The molecule has 100 valence electrons. The summed E-state index contributed by atoms with van der Waals surface area (Å²) in [5, 5.41) is 11.9. The lowest BCUT2D eigenvalue weighted by Gasteiger charge is -2.20. The molecular formula is C13H15BrN4S. The predicted molar refractivity (Wildman–Crippen MR) is 84.9 cm³/mol. The lowest BCUT2D eigenvalue weighted by Crippen LogP contribution is -2.18. The summed E-state index contributed by atoms with van der Waals surface area (Å²) in [6.45, 7) is 2.14. The molecule has 0 unspecified atom stereocenters. The number of aliphatic imine (C=N–C) groups is 1. The summed E-state index contributed by atoms with van der Waals surface area (Å²) < 4.78 is 1.05. The molecule has 1 aliphatic rings. The van der Waals surface area contributed by atoms with Crippen LogP contribution in [0.15, 0.2) is 27.7 Å². The number of rotatable bonds is 2. The SMILES string of the molecule is CSC(=Nc1ccc(Br)cc1N1CCCC1)NC#N. The molecule has 0 aromatic heterocycles. The van der Waals surface area contributed by atoms with Crippen LogP contribution in [0.5, 0.6) is 0 Å². The van der Waals surface area contributed by atoms with Crippen LogP contribution in [-0.2, 0) is 0 Å². The maximum atomic E-state index is 8.70. The van der Waals surface area contributed by atoms with Crippen molar-refractivity contribution >= 4 is 44.2 Å². The summed E-state index contributed by atoms with van der Waals surface area (Å²) in [5.74, 6) is 0. The molecule has 1 fully saturated rings. The Morgan fingerprint density at radius 3 is 2.84 bits per heavy atom. The third kappa shape index (κ3) is 3.64. The average Bonchev–Trinajstić information content (AvgIpc) is 2.94. The number of halogens is 1. The van der Waals surface area contributed by atoms with Gasteiger partial charge >= 0.3 is 0 Å². The van der Waals surface area contributed by atoms with E-state index in [2.05, 4.69) is 37.2 Å². The van der Waals surface area contributed by atoms with Crippen LogP contribution in [0.4, 0.5) is 11.4 Å². The lowest BCUT2D eigenvalue weighted by atomic mass is 10.2. The number of anilines is 1. The molecule has 6 heteroatoms. The Bertz CT molecular complexity index is 518. The molecule has 0 saturated carbocycles. The summed E-state index contributed by atoms with van der Waals surface area (Å²) in [5.41, 5.74) is 2.02. The number of hydrogen-bond donors (Lipinski definition) is 1. The van der Waals surface area contributed by atoms with E-state index < -0.39 is 0 Å². The number of nitrogens with one attached hydrogen (secondary N) is 1. The Morgan fingerprint density at radius 1 is 1.47 bits per heavy atom. The van der Waals surface area contributed by atoms with Gasteiger partial charge in [0, 0.05) is 17.6 Å². The Labute approximate surface area is 126 Å². The van der Waals surface area contributed by atoms with Crippen LogP contribution < -0.4 is 10.2 Å². The van der Waals surface area contributed by atoms with Crippen molar-refractivity contribution in [2.75, 3.05) is 24.2 Å². The zero-order valence-corrected chi connectivity index (χ0v) is 13.1. The largest absolute Gasteiger partial charge is 0.370 e. The Morgan fingerprint density at radius 2 is 2.21 bits per heavy atom. The van der Waals surface area contributed by atoms with Crippen LogP contribution in [0.1, 0.15) is 12.8 Å². The van der Waals surface area contributed by atoms with Gasteiger partial charge < -0.3 is 4.90 Å². The van der Waals surface area contributed by atoms with Crippen molar-refractivity contribution in [2.24, 2.45) is 4.99 Å². The molecule has 1 aromatic carbocycles. The summed E-state index contributed by atoms with van der Waals surface area (Å²) in [7, 11) is 0. The quantitative estimate of drug-likeness (QED) is 0.388. The maximum Gasteiger partial charge on any atom is 0.183 e. The molecule has 0 amide bonds.